The van der Waals surface area contributed by atoms with Crippen molar-refractivity contribution in [2.45, 2.75) is 13.1 Å². The van der Waals surface area contributed by atoms with E-state index in [1.54, 1.807) is 19.1 Å². The fourth-order valence-electron chi connectivity index (χ4n) is 1.77. The SMILES string of the molecule is Cc1cc(Br)cc(-c2ccc(C(F)(F)F)cc2)c1F. The van der Waals surface area contributed by atoms with Crippen LogP contribution in [0.2, 0.25) is 0 Å². The summed E-state index contributed by atoms with van der Waals surface area (Å²) in [4.78, 5) is 0. The lowest BCUT2D eigenvalue weighted by Gasteiger charge is -2.10. The van der Waals surface area contributed by atoms with Crippen molar-refractivity contribution in [3.63, 3.8) is 0 Å². The highest BCUT2D eigenvalue weighted by Crippen LogP contribution is 2.33. The average Bonchev–Trinajstić information content (AvgIpc) is 2.33. The summed E-state index contributed by atoms with van der Waals surface area (Å²) < 4.78 is 52.0. The summed E-state index contributed by atoms with van der Waals surface area (Å²) in [6.45, 7) is 1.60. The number of halogens is 5. The van der Waals surface area contributed by atoms with Crippen LogP contribution < -0.4 is 0 Å². The van der Waals surface area contributed by atoms with Gasteiger partial charge < -0.3 is 0 Å². The highest BCUT2D eigenvalue weighted by atomic mass is 79.9. The second-order valence-electron chi connectivity index (χ2n) is 4.16. The molecule has 0 fully saturated rings. The van der Waals surface area contributed by atoms with Crippen LogP contribution in [0.1, 0.15) is 11.1 Å². The number of aryl methyl sites for hydroxylation is 1. The van der Waals surface area contributed by atoms with Crippen molar-refractivity contribution >= 4 is 15.9 Å². The molecule has 0 aliphatic heterocycles. The molecular weight excluding hydrogens is 324 g/mol. The molecule has 0 saturated heterocycles. The molecule has 0 aliphatic rings. The van der Waals surface area contributed by atoms with Gasteiger partial charge in [0.05, 0.1) is 5.56 Å². The first-order chi connectivity index (χ1) is 8.79. The summed E-state index contributed by atoms with van der Waals surface area (Å²) in [5.41, 5.74) is 0.378. The van der Waals surface area contributed by atoms with Gasteiger partial charge in [-0.1, -0.05) is 28.1 Å². The molecule has 0 nitrogen and oxygen atoms in total. The maximum Gasteiger partial charge on any atom is 0.416 e. The van der Waals surface area contributed by atoms with Gasteiger partial charge in [0, 0.05) is 10.0 Å². The van der Waals surface area contributed by atoms with Crippen LogP contribution >= 0.6 is 15.9 Å². The first kappa shape index (κ1) is 14.1. The summed E-state index contributed by atoms with van der Waals surface area (Å²) >= 11 is 3.24. The molecule has 0 bridgehead atoms. The Bertz CT molecular complexity index is 600. The minimum Gasteiger partial charge on any atom is -0.206 e. The van der Waals surface area contributed by atoms with Crippen molar-refractivity contribution in [1.82, 2.24) is 0 Å². The maximum absolute atomic E-state index is 14.0. The van der Waals surface area contributed by atoms with E-state index < -0.39 is 17.6 Å². The van der Waals surface area contributed by atoms with Gasteiger partial charge in [-0.3, -0.25) is 0 Å². The quantitative estimate of drug-likeness (QED) is 0.598. The Hall–Kier alpha value is -1.36. The number of alkyl halides is 3. The van der Waals surface area contributed by atoms with E-state index in [1.165, 1.54) is 12.1 Å². The van der Waals surface area contributed by atoms with Crippen LogP contribution in [-0.4, -0.2) is 0 Å². The summed E-state index contributed by atoms with van der Waals surface area (Å²) in [7, 11) is 0. The van der Waals surface area contributed by atoms with Gasteiger partial charge in [0.2, 0.25) is 0 Å². The van der Waals surface area contributed by atoms with E-state index in [4.69, 9.17) is 0 Å². The first-order valence-electron chi connectivity index (χ1n) is 5.42. The highest BCUT2D eigenvalue weighted by Gasteiger charge is 2.30. The molecule has 2 aromatic rings. The molecule has 2 rings (SSSR count). The van der Waals surface area contributed by atoms with Crippen LogP contribution in [-0.2, 0) is 6.18 Å². The Labute approximate surface area is 116 Å². The minimum atomic E-state index is -4.38. The number of hydrogen-bond donors (Lipinski definition) is 0. The molecule has 100 valence electrons. The number of hydrogen-bond acceptors (Lipinski definition) is 0. The molecule has 0 heterocycles. The van der Waals surface area contributed by atoms with Crippen LogP contribution in [0.15, 0.2) is 40.9 Å². The zero-order valence-corrected chi connectivity index (χ0v) is 11.4. The molecule has 0 saturated carbocycles. The lowest BCUT2D eigenvalue weighted by Crippen LogP contribution is -2.04. The molecule has 0 aliphatic carbocycles. The molecule has 0 amide bonds. The van der Waals surface area contributed by atoms with Gasteiger partial charge in [-0.15, -0.1) is 0 Å². The van der Waals surface area contributed by atoms with E-state index in [1.807, 2.05) is 0 Å². The van der Waals surface area contributed by atoms with E-state index in [-0.39, 0.29) is 5.56 Å². The third-order valence-electron chi connectivity index (χ3n) is 2.74. The zero-order chi connectivity index (χ0) is 14.2. The van der Waals surface area contributed by atoms with Crippen LogP contribution in [0.4, 0.5) is 17.6 Å². The molecule has 5 heteroatoms. The molecule has 0 aromatic heterocycles. The van der Waals surface area contributed by atoms with Gasteiger partial charge in [-0.05, 0) is 42.3 Å². The predicted molar refractivity (Wildman–Crippen MR) is 69.3 cm³/mol. The lowest BCUT2D eigenvalue weighted by molar-refractivity contribution is -0.137. The smallest absolute Gasteiger partial charge is 0.206 e. The molecule has 0 unspecified atom stereocenters. The maximum atomic E-state index is 14.0. The largest absolute Gasteiger partial charge is 0.416 e. The van der Waals surface area contributed by atoms with Crippen LogP contribution in [0, 0.1) is 12.7 Å². The van der Waals surface area contributed by atoms with E-state index in [0.717, 1.165) is 12.1 Å². The average molecular weight is 333 g/mol. The van der Waals surface area contributed by atoms with Crippen molar-refractivity contribution in [3.05, 3.63) is 57.8 Å². The Morgan fingerprint density at radius 3 is 2.11 bits per heavy atom. The molecule has 2 aromatic carbocycles. The van der Waals surface area contributed by atoms with Gasteiger partial charge in [0.25, 0.3) is 0 Å². The first-order valence-corrected chi connectivity index (χ1v) is 6.21. The second kappa shape index (κ2) is 4.96. The lowest BCUT2D eigenvalue weighted by atomic mass is 10.0. The Balaban J connectivity index is 2.49. The molecule has 19 heavy (non-hydrogen) atoms. The third-order valence-corrected chi connectivity index (χ3v) is 3.20. The second-order valence-corrected chi connectivity index (χ2v) is 5.08. The normalized spacial score (nSPS) is 11.7. The fourth-order valence-corrected chi connectivity index (χ4v) is 2.35. The summed E-state index contributed by atoms with van der Waals surface area (Å²) in [6.07, 6.45) is -4.38. The van der Waals surface area contributed by atoms with Crippen molar-refractivity contribution in [2.75, 3.05) is 0 Å². The molecule has 0 spiro atoms. The van der Waals surface area contributed by atoms with Crippen LogP contribution in [0.3, 0.4) is 0 Å². The van der Waals surface area contributed by atoms with Crippen LogP contribution in [0.25, 0.3) is 11.1 Å². The fraction of sp³-hybridized carbons (Fsp3) is 0.143. The molecule has 0 atom stereocenters. The van der Waals surface area contributed by atoms with E-state index in [9.17, 15) is 17.6 Å². The van der Waals surface area contributed by atoms with Crippen molar-refractivity contribution < 1.29 is 17.6 Å². The standard InChI is InChI=1S/C14H9BrF4/c1-8-6-11(15)7-12(13(8)16)9-2-4-10(5-3-9)14(17,18)19/h2-7H,1H3. The van der Waals surface area contributed by atoms with Gasteiger partial charge >= 0.3 is 6.18 Å². The Kier molecular flexibility index (Phi) is 3.67. The minimum absolute atomic E-state index is 0.278. The van der Waals surface area contributed by atoms with Crippen molar-refractivity contribution in [1.29, 1.82) is 0 Å². The highest BCUT2D eigenvalue weighted by molar-refractivity contribution is 9.10. The van der Waals surface area contributed by atoms with Crippen molar-refractivity contribution in [2.24, 2.45) is 0 Å². The molecule has 0 radical (unpaired) electrons. The summed E-state index contributed by atoms with van der Waals surface area (Å²) in [5, 5.41) is 0. The Morgan fingerprint density at radius 2 is 1.58 bits per heavy atom. The summed E-state index contributed by atoms with van der Waals surface area (Å²) in [5.74, 6) is -0.428. The topological polar surface area (TPSA) is 0 Å². The van der Waals surface area contributed by atoms with E-state index in [0.29, 0.717) is 15.6 Å². The van der Waals surface area contributed by atoms with Gasteiger partial charge in [0.1, 0.15) is 5.82 Å². The van der Waals surface area contributed by atoms with Crippen LogP contribution in [0.5, 0.6) is 0 Å². The van der Waals surface area contributed by atoms with E-state index >= 15 is 0 Å². The monoisotopic (exact) mass is 332 g/mol. The summed E-state index contributed by atoms with van der Waals surface area (Å²) in [6, 6.07) is 7.60. The van der Waals surface area contributed by atoms with Gasteiger partial charge in [-0.2, -0.15) is 13.2 Å². The third kappa shape index (κ3) is 2.97. The molecular formula is C14H9BrF4. The Morgan fingerprint density at radius 1 is 1.00 bits per heavy atom. The predicted octanol–water partition coefficient (Wildman–Crippen LogP) is 5.58. The number of benzene rings is 2. The van der Waals surface area contributed by atoms with Gasteiger partial charge in [-0.25, -0.2) is 4.39 Å². The molecule has 0 N–H and O–H groups in total. The van der Waals surface area contributed by atoms with Crippen molar-refractivity contribution in [3.8, 4) is 11.1 Å². The van der Waals surface area contributed by atoms with Gasteiger partial charge in [0.15, 0.2) is 0 Å². The van der Waals surface area contributed by atoms with E-state index in [2.05, 4.69) is 15.9 Å². The zero-order valence-electron chi connectivity index (χ0n) is 9.85. The number of rotatable bonds is 1.